The summed E-state index contributed by atoms with van der Waals surface area (Å²) in [4.78, 5) is 10.7. The highest BCUT2D eigenvalue weighted by Gasteiger charge is 2.17. The Hall–Kier alpha value is -0.670. The summed E-state index contributed by atoms with van der Waals surface area (Å²) in [6.45, 7) is 7.99. The highest BCUT2D eigenvalue weighted by Crippen LogP contribution is 2.19. The van der Waals surface area contributed by atoms with E-state index in [1.807, 2.05) is 20.8 Å². The van der Waals surface area contributed by atoms with Gasteiger partial charge in [0.1, 0.15) is 0 Å². The quantitative estimate of drug-likeness (QED) is 0.638. The van der Waals surface area contributed by atoms with Crippen LogP contribution >= 0.6 is 11.6 Å². The normalized spacial score (nSPS) is 15.3. The molecule has 1 aliphatic rings. The summed E-state index contributed by atoms with van der Waals surface area (Å²) in [5.74, 6) is 0. The van der Waals surface area contributed by atoms with Gasteiger partial charge in [-0.2, -0.15) is 0 Å². The van der Waals surface area contributed by atoms with Gasteiger partial charge in [0.2, 0.25) is 5.28 Å². The first-order valence-corrected chi connectivity index (χ1v) is 5.75. The van der Waals surface area contributed by atoms with Crippen LogP contribution in [0.15, 0.2) is 0 Å². The van der Waals surface area contributed by atoms with E-state index in [4.69, 9.17) is 11.6 Å². The van der Waals surface area contributed by atoms with Gasteiger partial charge in [0.25, 0.3) is 0 Å². The Morgan fingerprint density at radius 1 is 1.27 bits per heavy atom. The van der Waals surface area contributed by atoms with Crippen molar-refractivity contribution in [3.63, 3.8) is 0 Å². The van der Waals surface area contributed by atoms with Crippen molar-refractivity contribution in [1.29, 1.82) is 0 Å². The van der Waals surface area contributed by atoms with Crippen LogP contribution in [0.1, 0.15) is 30.8 Å². The molecule has 0 fully saturated rings. The zero-order valence-corrected chi connectivity index (χ0v) is 10.6. The molecule has 0 N–H and O–H groups in total. The van der Waals surface area contributed by atoms with E-state index >= 15 is 0 Å². The monoisotopic (exact) mass is 227 g/mol. The summed E-state index contributed by atoms with van der Waals surface area (Å²) in [6, 6.07) is 0. The second kappa shape index (κ2) is 5.42. The molecular weight excluding hydrogens is 210 g/mol. The second-order valence-corrected chi connectivity index (χ2v) is 3.83. The van der Waals surface area contributed by atoms with Crippen LogP contribution < -0.4 is 0 Å². The van der Waals surface area contributed by atoms with E-state index in [-0.39, 0.29) is 0 Å². The van der Waals surface area contributed by atoms with Crippen LogP contribution in [-0.4, -0.2) is 28.5 Å². The summed E-state index contributed by atoms with van der Waals surface area (Å²) in [6.07, 6.45) is 0.981. The van der Waals surface area contributed by atoms with E-state index in [2.05, 4.69) is 21.9 Å². The average molecular weight is 228 g/mol. The Morgan fingerprint density at radius 2 is 1.93 bits per heavy atom. The smallest absolute Gasteiger partial charge is 0.222 e. The lowest BCUT2D eigenvalue weighted by Crippen LogP contribution is -2.28. The topological polar surface area (TPSA) is 29.0 Å². The molecule has 1 aromatic heterocycles. The Labute approximate surface area is 96.5 Å². The van der Waals surface area contributed by atoms with Gasteiger partial charge in [-0.15, -0.1) is 0 Å². The van der Waals surface area contributed by atoms with Crippen molar-refractivity contribution in [2.24, 2.45) is 0 Å². The molecule has 0 saturated heterocycles. The second-order valence-electron chi connectivity index (χ2n) is 3.49. The van der Waals surface area contributed by atoms with Gasteiger partial charge in [0.05, 0.1) is 5.69 Å². The number of aromatic nitrogens is 2. The van der Waals surface area contributed by atoms with E-state index in [1.165, 1.54) is 5.56 Å². The molecule has 0 unspecified atom stereocenters. The zero-order chi connectivity index (χ0) is 11.4. The maximum atomic E-state index is 5.78. The zero-order valence-electron chi connectivity index (χ0n) is 9.84. The van der Waals surface area contributed by atoms with Crippen LogP contribution in [0.25, 0.3) is 0 Å². The van der Waals surface area contributed by atoms with Crippen molar-refractivity contribution >= 4 is 11.6 Å². The summed E-state index contributed by atoms with van der Waals surface area (Å²) in [7, 11) is 2.11. The van der Waals surface area contributed by atoms with Crippen molar-refractivity contribution in [3.8, 4) is 0 Å². The van der Waals surface area contributed by atoms with Gasteiger partial charge in [0, 0.05) is 30.8 Å². The largest absolute Gasteiger partial charge is 0.302 e. The van der Waals surface area contributed by atoms with E-state index < -0.39 is 0 Å². The molecule has 1 aliphatic heterocycles. The third kappa shape index (κ3) is 2.89. The lowest BCUT2D eigenvalue weighted by molar-refractivity contribution is 0.308. The van der Waals surface area contributed by atoms with Crippen molar-refractivity contribution < 1.29 is 0 Å². The number of aryl methyl sites for hydroxylation is 1. The number of rotatable bonds is 0. The summed E-state index contributed by atoms with van der Waals surface area (Å²) < 4.78 is 0. The van der Waals surface area contributed by atoms with Crippen LogP contribution in [0, 0.1) is 6.92 Å². The molecule has 0 bridgehead atoms. The predicted molar refractivity (Wildman–Crippen MR) is 63.2 cm³/mol. The Balaban J connectivity index is 0.000000531. The lowest BCUT2D eigenvalue weighted by Gasteiger charge is -2.24. The third-order valence-corrected chi connectivity index (χ3v) is 2.60. The molecule has 4 heteroatoms. The highest BCUT2D eigenvalue weighted by molar-refractivity contribution is 6.28. The minimum atomic E-state index is 0.376. The predicted octanol–water partition coefficient (Wildman–Crippen LogP) is 2.45. The van der Waals surface area contributed by atoms with Crippen molar-refractivity contribution in [2.45, 2.75) is 33.7 Å². The molecule has 0 atom stereocenters. The van der Waals surface area contributed by atoms with Gasteiger partial charge in [-0.1, -0.05) is 13.8 Å². The van der Waals surface area contributed by atoms with Gasteiger partial charge < -0.3 is 4.90 Å². The Morgan fingerprint density at radius 3 is 2.60 bits per heavy atom. The summed E-state index contributed by atoms with van der Waals surface area (Å²) >= 11 is 5.78. The van der Waals surface area contributed by atoms with Crippen LogP contribution in [-0.2, 0) is 13.0 Å². The molecule has 0 aliphatic carbocycles. The number of hydrogen-bond acceptors (Lipinski definition) is 3. The lowest BCUT2D eigenvalue weighted by atomic mass is 10.1. The first kappa shape index (κ1) is 12.4. The molecule has 0 aromatic carbocycles. The van der Waals surface area contributed by atoms with Gasteiger partial charge in [-0.3, -0.25) is 0 Å². The van der Waals surface area contributed by atoms with E-state index in [9.17, 15) is 0 Å². The third-order valence-electron chi connectivity index (χ3n) is 2.43. The Kier molecular flexibility index (Phi) is 4.48. The number of likely N-dealkylation sites (N-methyl/N-ethyl adjacent to an activating group) is 1. The fourth-order valence-corrected chi connectivity index (χ4v) is 1.91. The summed E-state index contributed by atoms with van der Waals surface area (Å²) in [5.41, 5.74) is 3.38. The molecule has 3 nitrogen and oxygen atoms in total. The van der Waals surface area contributed by atoms with Crippen LogP contribution in [0.4, 0.5) is 0 Å². The van der Waals surface area contributed by atoms with E-state index in [0.717, 1.165) is 30.9 Å². The molecule has 0 radical (unpaired) electrons. The van der Waals surface area contributed by atoms with Crippen LogP contribution in [0.2, 0.25) is 5.28 Å². The van der Waals surface area contributed by atoms with E-state index in [0.29, 0.717) is 5.28 Å². The molecular formula is C11H18ClN3. The van der Waals surface area contributed by atoms with Gasteiger partial charge in [0.15, 0.2) is 0 Å². The van der Waals surface area contributed by atoms with Gasteiger partial charge in [-0.05, 0) is 25.6 Å². The Bertz CT molecular complexity index is 339. The van der Waals surface area contributed by atoms with Crippen molar-refractivity contribution in [3.05, 3.63) is 22.2 Å². The maximum Gasteiger partial charge on any atom is 0.222 e. The molecule has 84 valence electrons. The minimum Gasteiger partial charge on any atom is -0.302 e. The average Bonchev–Trinajstić information content (AvgIpc) is 2.22. The number of nitrogens with zero attached hydrogens (tertiary/aromatic N) is 3. The fourth-order valence-electron chi connectivity index (χ4n) is 1.68. The van der Waals surface area contributed by atoms with Crippen LogP contribution in [0.5, 0.6) is 0 Å². The highest BCUT2D eigenvalue weighted by atomic mass is 35.5. The number of fused-ring (bicyclic) bond motifs is 1. The molecule has 0 saturated carbocycles. The summed E-state index contributed by atoms with van der Waals surface area (Å²) in [5, 5.41) is 0.376. The minimum absolute atomic E-state index is 0.376. The first-order valence-electron chi connectivity index (χ1n) is 5.37. The SMILES string of the molecule is CC.Cc1nc(Cl)nc2c1CN(C)CC2. The number of halogens is 1. The molecule has 0 spiro atoms. The van der Waals surface area contributed by atoms with Crippen molar-refractivity contribution in [2.75, 3.05) is 13.6 Å². The molecule has 0 amide bonds. The molecule has 2 heterocycles. The maximum absolute atomic E-state index is 5.78. The standard InChI is InChI=1S/C9H12ClN3.C2H6/c1-6-7-5-13(2)4-3-8(7)12-9(10)11-6;1-2/h3-5H2,1-2H3;1-2H3. The fraction of sp³-hybridized carbons (Fsp3) is 0.636. The molecule has 15 heavy (non-hydrogen) atoms. The molecule has 1 aromatic rings. The first-order chi connectivity index (χ1) is 7.16. The van der Waals surface area contributed by atoms with Gasteiger partial charge >= 0.3 is 0 Å². The number of hydrogen-bond donors (Lipinski definition) is 0. The van der Waals surface area contributed by atoms with Gasteiger partial charge in [-0.25, -0.2) is 9.97 Å². The van der Waals surface area contributed by atoms with Crippen molar-refractivity contribution in [1.82, 2.24) is 14.9 Å². The van der Waals surface area contributed by atoms with E-state index in [1.54, 1.807) is 0 Å². The molecule has 2 rings (SSSR count). The van der Waals surface area contributed by atoms with Crippen LogP contribution in [0.3, 0.4) is 0 Å².